The van der Waals surface area contributed by atoms with Crippen molar-refractivity contribution in [2.75, 3.05) is 7.11 Å². The number of nitrogens with one attached hydrogen (secondary N) is 1. The van der Waals surface area contributed by atoms with Gasteiger partial charge in [-0.05, 0) is 30.4 Å². The molecular weight excluding hydrogens is 282 g/mol. The van der Waals surface area contributed by atoms with E-state index < -0.39 is 0 Å². The normalized spacial score (nSPS) is 22.7. The SMILES string of the molecule is CO[C@@H]1CCCC[C@@H]1N[C@H](Cc1ccccc1)c1ccccc1. The van der Waals surface area contributed by atoms with Gasteiger partial charge in [-0.15, -0.1) is 0 Å². The maximum atomic E-state index is 5.73. The molecule has 0 amide bonds. The first-order valence-electron chi connectivity index (χ1n) is 8.74. The smallest absolute Gasteiger partial charge is 0.0724 e. The van der Waals surface area contributed by atoms with Gasteiger partial charge in [0.15, 0.2) is 0 Å². The lowest BCUT2D eigenvalue weighted by Crippen LogP contribution is -2.45. The van der Waals surface area contributed by atoms with Crippen LogP contribution in [0.2, 0.25) is 0 Å². The number of hydrogen-bond donors (Lipinski definition) is 1. The van der Waals surface area contributed by atoms with Crippen LogP contribution in [0.25, 0.3) is 0 Å². The fourth-order valence-electron chi connectivity index (χ4n) is 3.64. The van der Waals surface area contributed by atoms with E-state index in [-0.39, 0.29) is 0 Å². The Morgan fingerprint density at radius 1 is 0.957 bits per heavy atom. The highest BCUT2D eigenvalue weighted by Gasteiger charge is 2.27. The Kier molecular flexibility index (Phi) is 5.84. The van der Waals surface area contributed by atoms with Crippen LogP contribution in [0.4, 0.5) is 0 Å². The number of methoxy groups -OCH3 is 1. The molecule has 0 bridgehead atoms. The summed E-state index contributed by atoms with van der Waals surface area (Å²) in [7, 11) is 1.85. The second kappa shape index (κ2) is 8.28. The van der Waals surface area contributed by atoms with Crippen molar-refractivity contribution in [1.29, 1.82) is 0 Å². The van der Waals surface area contributed by atoms with Crippen LogP contribution in [0, 0.1) is 0 Å². The van der Waals surface area contributed by atoms with Gasteiger partial charge in [0.1, 0.15) is 0 Å². The molecule has 2 heteroatoms. The fraction of sp³-hybridized carbons (Fsp3) is 0.429. The summed E-state index contributed by atoms with van der Waals surface area (Å²) in [6, 6.07) is 22.3. The molecule has 2 aromatic carbocycles. The third kappa shape index (κ3) is 4.43. The summed E-state index contributed by atoms with van der Waals surface area (Å²) in [5.74, 6) is 0. The van der Waals surface area contributed by atoms with Crippen molar-refractivity contribution in [3.63, 3.8) is 0 Å². The minimum absolute atomic E-state index is 0.333. The van der Waals surface area contributed by atoms with E-state index in [1.54, 1.807) is 0 Å². The molecule has 1 aliphatic carbocycles. The molecule has 122 valence electrons. The van der Waals surface area contributed by atoms with E-state index in [1.165, 1.54) is 36.8 Å². The molecule has 3 rings (SSSR count). The molecule has 23 heavy (non-hydrogen) atoms. The Hall–Kier alpha value is -1.64. The lowest BCUT2D eigenvalue weighted by molar-refractivity contribution is 0.0376. The molecule has 1 N–H and O–H groups in total. The summed E-state index contributed by atoms with van der Waals surface area (Å²) in [6.45, 7) is 0. The number of benzene rings is 2. The predicted octanol–water partition coefficient (Wildman–Crippen LogP) is 4.52. The van der Waals surface area contributed by atoms with Gasteiger partial charge in [-0.3, -0.25) is 0 Å². The maximum absolute atomic E-state index is 5.73. The molecule has 2 aromatic rings. The van der Waals surface area contributed by atoms with E-state index in [2.05, 4.69) is 66.0 Å². The van der Waals surface area contributed by atoms with Gasteiger partial charge in [0.05, 0.1) is 6.10 Å². The van der Waals surface area contributed by atoms with Crippen LogP contribution in [0.15, 0.2) is 60.7 Å². The predicted molar refractivity (Wildman–Crippen MR) is 95.5 cm³/mol. The van der Waals surface area contributed by atoms with E-state index in [4.69, 9.17) is 4.74 Å². The number of ether oxygens (including phenoxy) is 1. The van der Waals surface area contributed by atoms with Crippen molar-refractivity contribution in [2.45, 2.75) is 50.3 Å². The monoisotopic (exact) mass is 309 g/mol. The molecule has 1 fully saturated rings. The van der Waals surface area contributed by atoms with Crippen LogP contribution in [-0.2, 0) is 11.2 Å². The quantitative estimate of drug-likeness (QED) is 0.847. The largest absolute Gasteiger partial charge is 0.380 e. The lowest BCUT2D eigenvalue weighted by atomic mass is 9.90. The highest BCUT2D eigenvalue weighted by molar-refractivity contribution is 5.24. The zero-order chi connectivity index (χ0) is 15.9. The minimum atomic E-state index is 0.333. The zero-order valence-electron chi connectivity index (χ0n) is 13.9. The molecule has 0 aromatic heterocycles. The molecule has 0 saturated heterocycles. The van der Waals surface area contributed by atoms with Crippen LogP contribution < -0.4 is 5.32 Å². The Morgan fingerprint density at radius 3 is 2.30 bits per heavy atom. The topological polar surface area (TPSA) is 21.3 Å². The highest BCUT2D eigenvalue weighted by Crippen LogP contribution is 2.26. The highest BCUT2D eigenvalue weighted by atomic mass is 16.5. The molecule has 0 heterocycles. The Balaban J connectivity index is 1.77. The summed E-state index contributed by atoms with van der Waals surface area (Å²) in [5.41, 5.74) is 2.73. The molecule has 2 nitrogen and oxygen atoms in total. The first-order chi connectivity index (χ1) is 11.4. The van der Waals surface area contributed by atoms with Crippen LogP contribution in [0.3, 0.4) is 0 Å². The zero-order valence-corrected chi connectivity index (χ0v) is 13.9. The van der Waals surface area contributed by atoms with Gasteiger partial charge in [-0.25, -0.2) is 0 Å². The summed E-state index contributed by atoms with van der Waals surface area (Å²) in [4.78, 5) is 0. The van der Waals surface area contributed by atoms with Crippen molar-refractivity contribution in [1.82, 2.24) is 5.32 Å². The maximum Gasteiger partial charge on any atom is 0.0724 e. The van der Waals surface area contributed by atoms with Gasteiger partial charge in [0.2, 0.25) is 0 Å². The van der Waals surface area contributed by atoms with Crippen LogP contribution in [0.5, 0.6) is 0 Å². The molecule has 0 radical (unpaired) electrons. The third-order valence-corrected chi connectivity index (χ3v) is 4.91. The van der Waals surface area contributed by atoms with Crippen LogP contribution >= 0.6 is 0 Å². The molecule has 0 aliphatic heterocycles. The second-order valence-corrected chi connectivity index (χ2v) is 6.48. The molecule has 1 aliphatic rings. The van der Waals surface area contributed by atoms with Gasteiger partial charge < -0.3 is 10.1 Å². The van der Waals surface area contributed by atoms with Crippen LogP contribution in [-0.4, -0.2) is 19.3 Å². The van der Waals surface area contributed by atoms with E-state index >= 15 is 0 Å². The van der Waals surface area contributed by atoms with Gasteiger partial charge in [0, 0.05) is 19.2 Å². The van der Waals surface area contributed by atoms with E-state index in [0.29, 0.717) is 18.2 Å². The molecule has 0 spiro atoms. The summed E-state index contributed by atoms with van der Waals surface area (Å²) < 4.78 is 5.73. The summed E-state index contributed by atoms with van der Waals surface area (Å²) in [5, 5.41) is 3.90. The first-order valence-corrected chi connectivity index (χ1v) is 8.74. The van der Waals surface area contributed by atoms with E-state index in [9.17, 15) is 0 Å². The number of hydrogen-bond acceptors (Lipinski definition) is 2. The molecule has 3 atom stereocenters. The van der Waals surface area contributed by atoms with Gasteiger partial charge >= 0.3 is 0 Å². The fourth-order valence-corrected chi connectivity index (χ4v) is 3.64. The standard InChI is InChI=1S/C21H27NO/c1-23-21-15-9-8-14-19(21)22-20(18-12-6-3-7-13-18)16-17-10-4-2-5-11-17/h2-7,10-13,19-22H,8-9,14-16H2,1H3/t19-,20+,21+/m0/s1. The Bertz CT molecular complexity index is 569. The molecular formula is C21H27NO. The van der Waals surface area contributed by atoms with Crippen molar-refractivity contribution in [2.24, 2.45) is 0 Å². The number of rotatable bonds is 6. The van der Waals surface area contributed by atoms with Crippen molar-refractivity contribution < 1.29 is 4.74 Å². The van der Waals surface area contributed by atoms with E-state index in [1.807, 2.05) is 7.11 Å². The Labute approximate surface area is 139 Å². The van der Waals surface area contributed by atoms with Gasteiger partial charge in [0.25, 0.3) is 0 Å². The van der Waals surface area contributed by atoms with Crippen molar-refractivity contribution in [3.8, 4) is 0 Å². The third-order valence-electron chi connectivity index (χ3n) is 4.91. The van der Waals surface area contributed by atoms with Gasteiger partial charge in [-0.1, -0.05) is 73.5 Å². The van der Waals surface area contributed by atoms with Crippen molar-refractivity contribution in [3.05, 3.63) is 71.8 Å². The second-order valence-electron chi connectivity index (χ2n) is 6.48. The van der Waals surface area contributed by atoms with E-state index in [0.717, 1.165) is 6.42 Å². The van der Waals surface area contributed by atoms with Crippen LogP contribution in [0.1, 0.15) is 42.9 Å². The van der Waals surface area contributed by atoms with Crippen molar-refractivity contribution >= 4 is 0 Å². The first kappa shape index (κ1) is 16.2. The average Bonchev–Trinajstić information content (AvgIpc) is 2.63. The minimum Gasteiger partial charge on any atom is -0.380 e. The molecule has 0 unspecified atom stereocenters. The van der Waals surface area contributed by atoms with Gasteiger partial charge in [-0.2, -0.15) is 0 Å². The summed E-state index contributed by atoms with van der Waals surface area (Å²) in [6.07, 6.45) is 6.30. The Morgan fingerprint density at radius 2 is 1.61 bits per heavy atom. The average molecular weight is 309 g/mol. The summed E-state index contributed by atoms with van der Waals surface area (Å²) >= 11 is 0. The lowest BCUT2D eigenvalue weighted by Gasteiger charge is -2.34. The molecule has 1 saturated carbocycles.